The molecule has 0 amide bonds. The molecular weight excluding hydrogens is 306 g/mol. The van der Waals surface area contributed by atoms with E-state index in [1.807, 2.05) is 31.4 Å². The third-order valence-corrected chi connectivity index (χ3v) is 4.76. The molecule has 1 aliphatic heterocycles. The Labute approximate surface area is 138 Å². The molecule has 0 N–H and O–H groups in total. The van der Waals surface area contributed by atoms with Gasteiger partial charge in [-0.3, -0.25) is 0 Å². The van der Waals surface area contributed by atoms with Gasteiger partial charge in [-0.15, -0.1) is 12.6 Å². The first-order valence-electron chi connectivity index (χ1n) is 7.49. The van der Waals surface area contributed by atoms with E-state index in [2.05, 4.69) is 42.3 Å². The molecule has 3 heterocycles. The van der Waals surface area contributed by atoms with Gasteiger partial charge in [-0.2, -0.15) is 4.57 Å². The molecule has 0 saturated carbocycles. The lowest BCUT2D eigenvalue weighted by Gasteiger charge is -2.20. The first-order valence-corrected chi connectivity index (χ1v) is 7.94. The van der Waals surface area contributed by atoms with Gasteiger partial charge in [0, 0.05) is 11.5 Å². The van der Waals surface area contributed by atoms with Crippen LogP contribution in [0.3, 0.4) is 0 Å². The molecule has 0 radical (unpaired) electrons. The Kier molecular flexibility index (Phi) is 2.43. The summed E-state index contributed by atoms with van der Waals surface area (Å²) in [6.45, 7) is 2.14. The molecule has 23 heavy (non-hydrogen) atoms. The highest BCUT2D eigenvalue weighted by Crippen LogP contribution is 2.49. The van der Waals surface area contributed by atoms with Gasteiger partial charge in [0.25, 0.3) is 5.69 Å². The van der Waals surface area contributed by atoms with Crippen molar-refractivity contribution in [2.24, 2.45) is 7.05 Å². The van der Waals surface area contributed by atoms with Crippen LogP contribution in [0.15, 0.2) is 52.1 Å². The zero-order valence-electron chi connectivity index (χ0n) is 12.8. The monoisotopic (exact) mass is 320 g/mol. The molecule has 2 aromatic carbocycles. The lowest BCUT2D eigenvalue weighted by atomic mass is 9.93. The Bertz CT molecular complexity index is 1130. The van der Waals surface area contributed by atoms with Crippen LogP contribution in [0.4, 0.5) is 0 Å². The number of aryl methyl sites for hydroxylation is 2. The fourth-order valence-corrected chi connectivity index (χ4v) is 3.76. The smallest absolute Gasteiger partial charge is 0.257 e. The number of nitrogens with zero attached hydrogens (tertiary/aromatic N) is 1. The van der Waals surface area contributed by atoms with E-state index in [1.165, 1.54) is 21.9 Å². The minimum absolute atomic E-state index is 0.589. The van der Waals surface area contributed by atoms with Crippen LogP contribution in [0.1, 0.15) is 5.56 Å². The van der Waals surface area contributed by atoms with Crippen LogP contribution in [0.5, 0.6) is 11.5 Å². The molecule has 0 atom stereocenters. The Morgan fingerprint density at radius 1 is 1.13 bits per heavy atom. The van der Waals surface area contributed by atoms with Crippen molar-refractivity contribution in [1.82, 2.24) is 0 Å². The highest BCUT2D eigenvalue weighted by atomic mass is 32.1. The van der Waals surface area contributed by atoms with E-state index < -0.39 is 0 Å². The summed E-state index contributed by atoms with van der Waals surface area (Å²) in [4.78, 5) is 0. The third-order valence-electron chi connectivity index (χ3n) is 4.54. The standard InChI is InChI=1S/C19H13NO2S/c1-10-6-7-11-4-3-5-13-17(11)16(10)18-19(22-13)12-8-15(23)21-14(12)9-20(18)2/h3-9H,1-2H3/p+1. The molecular formula is C19H14NO2S+. The van der Waals surface area contributed by atoms with Gasteiger partial charge < -0.3 is 9.15 Å². The van der Waals surface area contributed by atoms with Gasteiger partial charge in [0.2, 0.25) is 17.5 Å². The van der Waals surface area contributed by atoms with Gasteiger partial charge in [-0.25, -0.2) is 0 Å². The predicted molar refractivity (Wildman–Crippen MR) is 92.4 cm³/mol. The molecule has 3 nitrogen and oxygen atoms in total. The lowest BCUT2D eigenvalue weighted by Crippen LogP contribution is -2.32. The van der Waals surface area contributed by atoms with Gasteiger partial charge in [0.15, 0.2) is 5.09 Å². The quantitative estimate of drug-likeness (QED) is 0.328. The molecule has 4 heteroatoms. The van der Waals surface area contributed by atoms with E-state index in [-0.39, 0.29) is 0 Å². The van der Waals surface area contributed by atoms with Crippen molar-refractivity contribution >= 4 is 34.4 Å². The van der Waals surface area contributed by atoms with Crippen molar-refractivity contribution in [1.29, 1.82) is 0 Å². The van der Waals surface area contributed by atoms with E-state index >= 15 is 0 Å². The van der Waals surface area contributed by atoms with Crippen molar-refractivity contribution in [3.8, 4) is 22.8 Å². The van der Waals surface area contributed by atoms with E-state index in [0.29, 0.717) is 5.09 Å². The Morgan fingerprint density at radius 3 is 2.87 bits per heavy atom. The largest absolute Gasteiger partial charge is 0.449 e. The second-order valence-corrected chi connectivity index (χ2v) is 6.43. The number of hydrogen-bond donors (Lipinski definition) is 1. The number of furan rings is 1. The van der Waals surface area contributed by atoms with Crippen molar-refractivity contribution in [3.63, 3.8) is 0 Å². The summed E-state index contributed by atoms with van der Waals surface area (Å²) in [7, 11) is 2.02. The van der Waals surface area contributed by atoms with Crippen LogP contribution < -0.4 is 9.30 Å². The molecule has 0 saturated heterocycles. The van der Waals surface area contributed by atoms with Gasteiger partial charge in [-0.1, -0.05) is 24.3 Å². The molecule has 0 unspecified atom stereocenters. The predicted octanol–water partition coefficient (Wildman–Crippen LogP) is 4.78. The summed E-state index contributed by atoms with van der Waals surface area (Å²) in [5.74, 6) is 1.73. The summed E-state index contributed by atoms with van der Waals surface area (Å²) < 4.78 is 14.0. The third kappa shape index (κ3) is 1.64. The second kappa shape index (κ2) is 4.30. The Hall–Kier alpha value is -2.46. The van der Waals surface area contributed by atoms with Crippen molar-refractivity contribution in [2.75, 3.05) is 0 Å². The average molecular weight is 320 g/mol. The molecule has 4 aromatic rings. The number of hydrogen-bond acceptors (Lipinski definition) is 3. The molecule has 5 rings (SSSR count). The highest BCUT2D eigenvalue weighted by Gasteiger charge is 2.32. The second-order valence-electron chi connectivity index (χ2n) is 5.99. The number of pyridine rings is 1. The van der Waals surface area contributed by atoms with Crippen LogP contribution in [0.25, 0.3) is 33.0 Å². The van der Waals surface area contributed by atoms with E-state index in [0.717, 1.165) is 28.2 Å². The van der Waals surface area contributed by atoms with E-state index in [4.69, 9.17) is 9.15 Å². The number of aromatic nitrogens is 1. The Morgan fingerprint density at radius 2 is 2.00 bits per heavy atom. The highest BCUT2D eigenvalue weighted by molar-refractivity contribution is 7.80. The molecule has 2 aromatic heterocycles. The first kappa shape index (κ1) is 13.0. The topological polar surface area (TPSA) is 26.2 Å². The minimum atomic E-state index is 0.589. The van der Waals surface area contributed by atoms with Gasteiger partial charge in [0.1, 0.15) is 12.8 Å². The molecule has 112 valence electrons. The summed E-state index contributed by atoms with van der Waals surface area (Å²) >= 11 is 4.34. The summed E-state index contributed by atoms with van der Waals surface area (Å²) in [5, 5.41) is 3.90. The average Bonchev–Trinajstić information content (AvgIpc) is 2.90. The molecule has 0 spiro atoms. The number of thiol groups is 1. The fourth-order valence-electron chi connectivity index (χ4n) is 3.54. The maximum atomic E-state index is 6.30. The number of rotatable bonds is 0. The summed E-state index contributed by atoms with van der Waals surface area (Å²) in [5.41, 5.74) is 4.32. The summed E-state index contributed by atoms with van der Waals surface area (Å²) in [6, 6.07) is 12.4. The maximum Gasteiger partial charge on any atom is 0.257 e. The minimum Gasteiger partial charge on any atom is -0.449 e. The van der Waals surface area contributed by atoms with Crippen LogP contribution >= 0.6 is 12.6 Å². The van der Waals surface area contributed by atoms with Crippen molar-refractivity contribution < 1.29 is 13.7 Å². The zero-order valence-corrected chi connectivity index (χ0v) is 13.6. The maximum absolute atomic E-state index is 6.30. The first-order chi connectivity index (χ1) is 11.1. The van der Waals surface area contributed by atoms with Crippen molar-refractivity contribution in [3.05, 3.63) is 48.2 Å². The Balaban J connectivity index is 2.03. The van der Waals surface area contributed by atoms with Crippen LogP contribution in [-0.2, 0) is 7.05 Å². The van der Waals surface area contributed by atoms with Gasteiger partial charge in [0.05, 0.1) is 10.9 Å². The van der Waals surface area contributed by atoms with Crippen LogP contribution in [0.2, 0.25) is 0 Å². The fraction of sp³-hybridized carbons (Fsp3) is 0.105. The zero-order chi connectivity index (χ0) is 15.7. The van der Waals surface area contributed by atoms with Crippen LogP contribution in [-0.4, -0.2) is 0 Å². The van der Waals surface area contributed by atoms with Crippen molar-refractivity contribution in [2.45, 2.75) is 12.0 Å². The number of ether oxygens (including phenoxy) is 1. The molecule has 0 aliphatic carbocycles. The number of fused-ring (bicyclic) bond motifs is 4. The van der Waals surface area contributed by atoms with E-state index in [1.54, 1.807) is 0 Å². The molecule has 1 aliphatic rings. The van der Waals surface area contributed by atoms with Gasteiger partial charge >= 0.3 is 0 Å². The molecule has 0 fully saturated rings. The lowest BCUT2D eigenvalue weighted by molar-refractivity contribution is -0.659. The SMILES string of the molecule is Cc1ccc2cccc3c2c1-c1c(c2cc(S)oc2c[n+]1C)O3. The normalized spacial score (nSPS) is 12.5. The van der Waals surface area contributed by atoms with E-state index in [9.17, 15) is 0 Å². The van der Waals surface area contributed by atoms with Gasteiger partial charge in [-0.05, 0) is 23.9 Å². The summed E-state index contributed by atoms with van der Waals surface area (Å²) in [6.07, 6.45) is 1.99. The van der Waals surface area contributed by atoms with Crippen LogP contribution in [0, 0.1) is 6.92 Å². The molecule has 0 bridgehead atoms. The number of benzene rings is 2.